The molecule has 1 fully saturated rings. The SMILES string of the molecule is Cc1nnc2n1-c1sc(CCCN3CCOCC3)cc1C(c1c(Cl)cccc1Cl)=NC2. The number of aliphatic imine (C=N–C) groups is 1. The van der Waals surface area contributed by atoms with Crippen LogP contribution in [0.3, 0.4) is 0 Å². The first-order valence-corrected chi connectivity index (χ1v) is 12.0. The second kappa shape index (κ2) is 9.00. The highest BCUT2D eigenvalue weighted by Crippen LogP contribution is 2.36. The van der Waals surface area contributed by atoms with Gasteiger partial charge in [0.2, 0.25) is 0 Å². The molecule has 0 unspecified atom stereocenters. The summed E-state index contributed by atoms with van der Waals surface area (Å²) in [4.78, 5) is 8.67. The summed E-state index contributed by atoms with van der Waals surface area (Å²) >= 11 is 14.9. The van der Waals surface area contributed by atoms with Gasteiger partial charge >= 0.3 is 0 Å². The largest absolute Gasteiger partial charge is 0.379 e. The van der Waals surface area contributed by atoms with E-state index in [1.165, 1.54) is 4.88 Å². The maximum atomic E-state index is 6.56. The Morgan fingerprint density at radius 3 is 2.68 bits per heavy atom. The number of aromatic nitrogens is 3. The fourth-order valence-electron chi connectivity index (χ4n) is 4.14. The standard InChI is InChI=1S/C22H23Cl2N5OS/c1-14-26-27-19-13-25-21(20-17(23)5-2-6-18(20)24)16-12-15(31-22(16)29(14)19)4-3-7-28-8-10-30-11-9-28/h2,5-6,12H,3-4,7-11,13H2,1H3. The predicted molar refractivity (Wildman–Crippen MR) is 125 cm³/mol. The van der Waals surface area contributed by atoms with Crippen molar-refractivity contribution in [3.05, 3.63) is 62.0 Å². The Kier molecular flexibility index (Phi) is 6.12. The lowest BCUT2D eigenvalue weighted by atomic mass is 10.0. The van der Waals surface area contributed by atoms with Crippen molar-refractivity contribution in [1.29, 1.82) is 0 Å². The van der Waals surface area contributed by atoms with Crippen LogP contribution in [-0.4, -0.2) is 58.2 Å². The fraction of sp³-hybridized carbons (Fsp3) is 0.409. The highest BCUT2D eigenvalue weighted by molar-refractivity contribution is 7.15. The third-order valence-electron chi connectivity index (χ3n) is 5.69. The molecule has 0 atom stereocenters. The number of halogens is 2. The number of ether oxygens (including phenoxy) is 1. The van der Waals surface area contributed by atoms with Crippen LogP contribution in [0.4, 0.5) is 0 Å². The molecule has 0 bridgehead atoms. The monoisotopic (exact) mass is 475 g/mol. The lowest BCUT2D eigenvalue weighted by Gasteiger charge is -2.26. The molecule has 2 aliphatic heterocycles. The van der Waals surface area contributed by atoms with Crippen LogP contribution in [0.1, 0.15) is 34.1 Å². The Morgan fingerprint density at radius 1 is 1.13 bits per heavy atom. The molecule has 0 amide bonds. The first-order chi connectivity index (χ1) is 15.1. The van der Waals surface area contributed by atoms with Crippen LogP contribution < -0.4 is 0 Å². The number of benzene rings is 1. The summed E-state index contributed by atoms with van der Waals surface area (Å²) in [6.07, 6.45) is 2.11. The van der Waals surface area contributed by atoms with Gasteiger partial charge in [-0.25, -0.2) is 0 Å². The van der Waals surface area contributed by atoms with Gasteiger partial charge in [-0.1, -0.05) is 29.3 Å². The summed E-state index contributed by atoms with van der Waals surface area (Å²) in [5.41, 5.74) is 2.65. The molecule has 5 rings (SSSR count). The molecule has 31 heavy (non-hydrogen) atoms. The molecule has 0 aliphatic carbocycles. The average Bonchev–Trinajstić information content (AvgIpc) is 3.30. The number of rotatable bonds is 5. The molecule has 2 aliphatic rings. The summed E-state index contributed by atoms with van der Waals surface area (Å²) in [7, 11) is 0. The van der Waals surface area contributed by atoms with Gasteiger partial charge in [-0.3, -0.25) is 14.5 Å². The zero-order chi connectivity index (χ0) is 21.4. The summed E-state index contributed by atoms with van der Waals surface area (Å²) in [6, 6.07) is 7.82. The molecule has 6 nitrogen and oxygen atoms in total. The normalized spacial score (nSPS) is 16.5. The summed E-state index contributed by atoms with van der Waals surface area (Å²) in [5.74, 6) is 1.69. The fourth-order valence-corrected chi connectivity index (χ4v) is 5.98. The molecular formula is C22H23Cl2N5OS. The zero-order valence-corrected chi connectivity index (χ0v) is 19.6. The minimum atomic E-state index is 0.436. The molecule has 0 spiro atoms. The Morgan fingerprint density at radius 2 is 1.90 bits per heavy atom. The molecular weight excluding hydrogens is 453 g/mol. The van der Waals surface area contributed by atoms with Crippen LogP contribution in [0, 0.1) is 6.92 Å². The van der Waals surface area contributed by atoms with Crippen LogP contribution in [-0.2, 0) is 17.7 Å². The van der Waals surface area contributed by atoms with Gasteiger partial charge < -0.3 is 4.74 Å². The molecule has 0 saturated carbocycles. The Labute approximate surface area is 195 Å². The van der Waals surface area contributed by atoms with Gasteiger partial charge in [0.15, 0.2) is 5.82 Å². The average molecular weight is 476 g/mol. The van der Waals surface area contributed by atoms with Crippen LogP contribution >= 0.6 is 34.5 Å². The lowest BCUT2D eigenvalue weighted by Crippen LogP contribution is -2.36. The first-order valence-electron chi connectivity index (χ1n) is 10.4. The van der Waals surface area contributed by atoms with Gasteiger partial charge in [-0.15, -0.1) is 21.5 Å². The second-order valence-corrected chi connectivity index (χ2v) is 9.68. The van der Waals surface area contributed by atoms with E-state index in [1.807, 2.05) is 25.1 Å². The van der Waals surface area contributed by atoms with Crippen molar-refractivity contribution in [2.45, 2.75) is 26.3 Å². The van der Waals surface area contributed by atoms with E-state index in [2.05, 4.69) is 25.7 Å². The van der Waals surface area contributed by atoms with Gasteiger partial charge in [0.1, 0.15) is 17.4 Å². The van der Waals surface area contributed by atoms with E-state index < -0.39 is 0 Å². The second-order valence-electron chi connectivity index (χ2n) is 7.75. The van der Waals surface area contributed by atoms with Crippen LogP contribution in [0.15, 0.2) is 29.3 Å². The Hall–Kier alpha value is -1.77. The van der Waals surface area contributed by atoms with Crippen molar-refractivity contribution in [2.75, 3.05) is 32.8 Å². The van der Waals surface area contributed by atoms with Crippen molar-refractivity contribution in [3.63, 3.8) is 0 Å². The maximum absolute atomic E-state index is 6.56. The van der Waals surface area contributed by atoms with Gasteiger partial charge in [-0.05, 0) is 44.5 Å². The van der Waals surface area contributed by atoms with Crippen LogP contribution in [0.5, 0.6) is 0 Å². The number of morpholine rings is 1. The topological polar surface area (TPSA) is 55.5 Å². The molecule has 0 radical (unpaired) electrons. The van der Waals surface area contributed by atoms with E-state index in [1.54, 1.807) is 11.3 Å². The molecule has 9 heteroatoms. The van der Waals surface area contributed by atoms with E-state index >= 15 is 0 Å². The number of hydrogen-bond acceptors (Lipinski definition) is 6. The maximum Gasteiger partial charge on any atom is 0.160 e. The molecule has 1 saturated heterocycles. The third-order valence-corrected chi connectivity index (χ3v) is 7.50. The molecule has 4 heterocycles. The number of thiophene rings is 1. The van der Waals surface area contributed by atoms with Crippen LogP contribution in [0.25, 0.3) is 5.00 Å². The smallest absolute Gasteiger partial charge is 0.160 e. The number of aryl methyl sites for hydroxylation is 2. The molecule has 2 aromatic heterocycles. The number of hydrogen-bond donors (Lipinski definition) is 0. The van der Waals surface area contributed by atoms with E-state index in [9.17, 15) is 0 Å². The summed E-state index contributed by atoms with van der Waals surface area (Å²) < 4.78 is 7.57. The van der Waals surface area contributed by atoms with Gasteiger partial charge in [0, 0.05) is 29.1 Å². The van der Waals surface area contributed by atoms with Crippen molar-refractivity contribution >= 4 is 40.3 Å². The summed E-state index contributed by atoms with van der Waals surface area (Å²) in [6.45, 7) is 7.21. The molecule has 3 aromatic rings. The third kappa shape index (κ3) is 4.17. The van der Waals surface area contributed by atoms with Gasteiger partial charge in [0.25, 0.3) is 0 Å². The van der Waals surface area contributed by atoms with Gasteiger partial charge in [-0.2, -0.15) is 0 Å². The zero-order valence-electron chi connectivity index (χ0n) is 17.3. The van der Waals surface area contributed by atoms with Crippen LogP contribution in [0.2, 0.25) is 10.0 Å². The highest BCUT2D eigenvalue weighted by Gasteiger charge is 2.26. The Balaban J connectivity index is 1.49. The Bertz CT molecular complexity index is 1110. The molecule has 0 N–H and O–H groups in total. The van der Waals surface area contributed by atoms with Crippen molar-refractivity contribution < 1.29 is 4.74 Å². The minimum Gasteiger partial charge on any atom is -0.379 e. The summed E-state index contributed by atoms with van der Waals surface area (Å²) in [5, 5.41) is 10.9. The van der Waals surface area contributed by atoms with E-state index in [4.69, 9.17) is 32.9 Å². The first kappa shape index (κ1) is 21.1. The predicted octanol–water partition coefficient (Wildman–Crippen LogP) is 4.56. The highest BCUT2D eigenvalue weighted by atomic mass is 35.5. The van der Waals surface area contributed by atoms with Crippen molar-refractivity contribution in [2.24, 2.45) is 4.99 Å². The van der Waals surface area contributed by atoms with E-state index in [0.29, 0.717) is 16.6 Å². The molecule has 1 aromatic carbocycles. The van der Waals surface area contributed by atoms with E-state index in [0.717, 1.165) is 79.2 Å². The van der Waals surface area contributed by atoms with Crippen molar-refractivity contribution in [1.82, 2.24) is 19.7 Å². The quantitative estimate of drug-likeness (QED) is 0.542. The van der Waals surface area contributed by atoms with Gasteiger partial charge in [0.05, 0.1) is 29.0 Å². The lowest BCUT2D eigenvalue weighted by molar-refractivity contribution is 0.0375. The minimum absolute atomic E-state index is 0.436. The number of fused-ring (bicyclic) bond motifs is 3. The van der Waals surface area contributed by atoms with E-state index in [-0.39, 0.29) is 0 Å². The number of nitrogens with zero attached hydrogens (tertiary/aromatic N) is 5. The molecule has 162 valence electrons. The van der Waals surface area contributed by atoms with Crippen molar-refractivity contribution in [3.8, 4) is 5.00 Å².